The number of aromatic nitrogens is 3. The van der Waals surface area contributed by atoms with Gasteiger partial charge in [-0.15, -0.1) is 11.3 Å². The van der Waals surface area contributed by atoms with Gasteiger partial charge in [-0.25, -0.2) is 14.8 Å². The van der Waals surface area contributed by atoms with Crippen molar-refractivity contribution in [2.24, 2.45) is 0 Å². The second-order valence-corrected chi connectivity index (χ2v) is 13.7. The molecule has 3 aromatic rings. The number of nitrogens with zero attached hydrogens (tertiary/aromatic N) is 5. The van der Waals surface area contributed by atoms with Crippen molar-refractivity contribution < 1.29 is 24.0 Å². The number of fused-ring (bicyclic) bond motifs is 1. The maximum Gasteiger partial charge on any atom is 0.328 e. The van der Waals surface area contributed by atoms with Crippen LogP contribution in [0.5, 0.6) is 0 Å². The first kappa shape index (κ1) is 31.8. The zero-order valence-electron chi connectivity index (χ0n) is 25.5. The summed E-state index contributed by atoms with van der Waals surface area (Å²) in [6.07, 6.45) is 5.53. The lowest BCUT2D eigenvalue weighted by molar-refractivity contribution is -0.869. The maximum absolute atomic E-state index is 13.6. The number of rotatable bonds is 9. The van der Waals surface area contributed by atoms with Crippen molar-refractivity contribution in [2.75, 3.05) is 51.0 Å². The van der Waals surface area contributed by atoms with Crippen molar-refractivity contribution in [1.29, 1.82) is 0 Å². The summed E-state index contributed by atoms with van der Waals surface area (Å²) >= 11 is 1.34. The number of pyridine rings is 1. The van der Waals surface area contributed by atoms with Crippen molar-refractivity contribution in [1.82, 2.24) is 19.7 Å². The molecule has 1 unspecified atom stereocenters. The van der Waals surface area contributed by atoms with Crippen molar-refractivity contribution in [3.63, 3.8) is 0 Å². The predicted molar refractivity (Wildman–Crippen MR) is 168 cm³/mol. The molecule has 230 valence electrons. The monoisotopic (exact) mass is 610 g/mol. The molecule has 4 rings (SSSR count). The van der Waals surface area contributed by atoms with Crippen molar-refractivity contribution >= 4 is 51.8 Å². The summed E-state index contributed by atoms with van der Waals surface area (Å²) in [5.74, 6) is -1.32. The van der Waals surface area contributed by atoms with E-state index in [-0.39, 0.29) is 28.6 Å². The molecule has 0 aromatic carbocycles. The van der Waals surface area contributed by atoms with Gasteiger partial charge in [0.05, 0.1) is 45.4 Å². The average molecular weight is 611 g/mol. The van der Waals surface area contributed by atoms with E-state index in [9.17, 15) is 24.3 Å². The summed E-state index contributed by atoms with van der Waals surface area (Å²) in [5.41, 5.74) is 0.901. The summed E-state index contributed by atoms with van der Waals surface area (Å²) in [6.45, 7) is 7.81. The van der Waals surface area contributed by atoms with E-state index in [0.29, 0.717) is 47.1 Å². The number of thiazole rings is 1. The van der Waals surface area contributed by atoms with E-state index in [1.54, 1.807) is 0 Å². The molecule has 1 fully saturated rings. The highest BCUT2D eigenvalue weighted by Gasteiger charge is 2.26. The zero-order chi connectivity index (χ0) is 31.5. The smallest absolute Gasteiger partial charge is 0.328 e. The molecule has 1 saturated heterocycles. The number of carbonyl (C=O) groups is 3. The summed E-state index contributed by atoms with van der Waals surface area (Å²) < 4.78 is 1.97. The molecule has 0 aliphatic carbocycles. The van der Waals surface area contributed by atoms with Crippen LogP contribution in [0.1, 0.15) is 61.6 Å². The molecule has 1 aliphatic heterocycles. The average Bonchev–Trinajstić information content (AvgIpc) is 3.40. The number of amides is 2. The van der Waals surface area contributed by atoms with Crippen LogP contribution in [0.2, 0.25) is 0 Å². The Hall–Kier alpha value is -4.10. The number of nitrogens with one attached hydrogen (secondary N) is 2. The van der Waals surface area contributed by atoms with Crippen molar-refractivity contribution in [3.8, 4) is 0 Å². The highest BCUT2D eigenvalue weighted by molar-refractivity contribution is 7.14. The molecular formula is C30H40N7O5S+. The van der Waals surface area contributed by atoms with Crippen molar-refractivity contribution in [3.05, 3.63) is 57.0 Å². The molecule has 0 saturated carbocycles. The Balaban J connectivity index is 1.64. The Kier molecular flexibility index (Phi) is 9.35. The van der Waals surface area contributed by atoms with E-state index in [1.165, 1.54) is 40.1 Å². The first-order chi connectivity index (χ1) is 20.1. The Bertz CT molecular complexity index is 1610. The molecule has 3 aromatic heterocycles. The highest BCUT2D eigenvalue weighted by Crippen LogP contribution is 2.27. The normalized spacial score (nSPS) is 16.0. The third-order valence-corrected chi connectivity index (χ3v) is 7.85. The molecule has 2 amide bonds. The fourth-order valence-corrected chi connectivity index (χ4v) is 5.62. The van der Waals surface area contributed by atoms with Crippen LogP contribution in [-0.2, 0) is 15.0 Å². The second-order valence-electron chi connectivity index (χ2n) is 12.8. The van der Waals surface area contributed by atoms with Gasteiger partial charge in [-0.05, 0) is 31.1 Å². The van der Waals surface area contributed by atoms with Gasteiger partial charge >= 0.3 is 5.97 Å². The molecule has 1 aliphatic rings. The maximum atomic E-state index is 13.6. The van der Waals surface area contributed by atoms with E-state index in [4.69, 9.17) is 4.98 Å². The number of piperidine rings is 1. The topological polar surface area (TPSA) is 146 Å². The van der Waals surface area contributed by atoms with Gasteiger partial charge in [0.1, 0.15) is 11.5 Å². The second kappa shape index (κ2) is 12.6. The molecule has 13 heteroatoms. The quantitative estimate of drug-likeness (QED) is 0.248. The van der Waals surface area contributed by atoms with E-state index < -0.39 is 17.4 Å². The minimum Gasteiger partial charge on any atom is -0.478 e. The summed E-state index contributed by atoms with van der Waals surface area (Å²) in [6, 6.07) is 2.88. The number of hydrogen-bond acceptors (Lipinski definition) is 8. The van der Waals surface area contributed by atoms with E-state index in [2.05, 4.69) is 15.6 Å². The third-order valence-electron chi connectivity index (χ3n) is 7.09. The van der Waals surface area contributed by atoms with E-state index in [0.717, 1.165) is 24.6 Å². The zero-order valence-corrected chi connectivity index (χ0v) is 26.3. The number of carboxylic acids is 1. The Morgan fingerprint density at radius 1 is 1.21 bits per heavy atom. The van der Waals surface area contributed by atoms with Crippen LogP contribution >= 0.6 is 11.3 Å². The number of anilines is 2. The largest absolute Gasteiger partial charge is 0.478 e. The van der Waals surface area contributed by atoms with Crippen LogP contribution in [0.25, 0.3) is 11.7 Å². The molecule has 0 radical (unpaired) electrons. The third kappa shape index (κ3) is 8.26. The van der Waals surface area contributed by atoms with Gasteiger partial charge in [-0.3, -0.25) is 24.1 Å². The lowest BCUT2D eigenvalue weighted by Crippen LogP contribution is -2.49. The molecule has 12 nitrogen and oxygen atoms in total. The lowest BCUT2D eigenvalue weighted by atomic mass is 9.93. The Labute approximate surface area is 254 Å². The first-order valence-electron chi connectivity index (χ1n) is 14.2. The fraction of sp³-hybridized carbons (Fsp3) is 0.467. The highest BCUT2D eigenvalue weighted by atomic mass is 32.1. The van der Waals surface area contributed by atoms with E-state index >= 15 is 0 Å². The van der Waals surface area contributed by atoms with Crippen LogP contribution in [0.15, 0.2) is 34.6 Å². The molecule has 0 bridgehead atoms. The van der Waals surface area contributed by atoms with Crippen LogP contribution in [0, 0.1) is 0 Å². The van der Waals surface area contributed by atoms with Crippen LogP contribution < -0.4 is 21.1 Å². The van der Waals surface area contributed by atoms with E-state index in [1.807, 2.05) is 52.2 Å². The SMILES string of the molecule is CC(C)(C)c1csc(NC(=O)c2ccn3c(=O)c(C=CC(=O)O)c(N4CCCC(NC(=O)CC[N+](C)(C)C)C4)nc3c2)n1. The molecule has 3 N–H and O–H groups in total. The van der Waals surface area contributed by atoms with Crippen molar-refractivity contribution in [2.45, 2.75) is 51.5 Å². The van der Waals surface area contributed by atoms with Crippen LogP contribution in [0.3, 0.4) is 0 Å². The summed E-state index contributed by atoms with van der Waals surface area (Å²) in [5, 5.41) is 17.6. The predicted octanol–water partition coefficient (Wildman–Crippen LogP) is 2.98. The van der Waals surface area contributed by atoms with Crippen LogP contribution in [-0.4, -0.2) is 88.6 Å². The molecule has 1 atom stereocenters. The minimum atomic E-state index is -1.19. The van der Waals surface area contributed by atoms with Gasteiger partial charge in [-0.2, -0.15) is 0 Å². The Morgan fingerprint density at radius 3 is 2.60 bits per heavy atom. The standard InChI is InChI=1S/C30H39N7O5S/c1-30(2,3)22-18-43-29(32-22)34-27(41)19-11-14-36-23(16-19)33-26(21(28(36)42)9-10-25(39)40)35-13-7-8-20(17-35)31-24(38)12-15-37(4,5)6/h9-11,14,16,18,20H,7-8,12-13,15,17H2,1-6H3,(H2-,31,32,34,38,39,40,41)/p+1. The number of quaternary nitrogens is 1. The van der Waals surface area contributed by atoms with Gasteiger partial charge in [0, 0.05) is 47.8 Å². The van der Waals surface area contributed by atoms with Gasteiger partial charge in [0.15, 0.2) is 5.13 Å². The molecular weight excluding hydrogens is 570 g/mol. The summed E-state index contributed by atoms with van der Waals surface area (Å²) in [7, 11) is 6.09. The first-order valence-corrected chi connectivity index (χ1v) is 15.1. The van der Waals surface area contributed by atoms with Crippen LogP contribution in [0.4, 0.5) is 10.9 Å². The van der Waals surface area contributed by atoms with Gasteiger partial charge in [0.2, 0.25) is 5.91 Å². The van der Waals surface area contributed by atoms with Gasteiger partial charge in [0.25, 0.3) is 11.5 Å². The van der Waals surface area contributed by atoms with Gasteiger partial charge < -0.3 is 19.8 Å². The molecule has 43 heavy (non-hydrogen) atoms. The number of carbonyl (C=O) groups excluding carboxylic acids is 2. The Morgan fingerprint density at radius 2 is 1.95 bits per heavy atom. The lowest BCUT2D eigenvalue weighted by Gasteiger charge is -2.35. The summed E-state index contributed by atoms with van der Waals surface area (Å²) in [4.78, 5) is 61.8. The molecule has 0 spiro atoms. The number of carboxylic acid groups (broad SMARTS) is 1. The fourth-order valence-electron chi connectivity index (χ4n) is 4.69. The number of aliphatic carboxylic acids is 1. The minimum absolute atomic E-state index is 0.0389. The van der Waals surface area contributed by atoms with Gasteiger partial charge in [-0.1, -0.05) is 20.8 Å². The number of hydrogen-bond donors (Lipinski definition) is 3. The molecule has 4 heterocycles.